The SMILES string of the molecule is CC(F)c1ccccc1-c1sc2cc(O)ccc2c1Oc1ccc(C=CC(=O)O)cc1. The van der Waals surface area contributed by atoms with Crippen LogP contribution >= 0.6 is 11.3 Å². The van der Waals surface area contributed by atoms with Crippen molar-refractivity contribution in [2.24, 2.45) is 0 Å². The van der Waals surface area contributed by atoms with Gasteiger partial charge in [0.15, 0.2) is 5.75 Å². The van der Waals surface area contributed by atoms with Gasteiger partial charge in [0.05, 0.1) is 4.88 Å². The van der Waals surface area contributed by atoms with E-state index in [9.17, 15) is 14.3 Å². The lowest BCUT2D eigenvalue weighted by Crippen LogP contribution is -1.91. The predicted molar refractivity (Wildman–Crippen MR) is 122 cm³/mol. The summed E-state index contributed by atoms with van der Waals surface area (Å²) in [6.07, 6.45) is 1.42. The van der Waals surface area contributed by atoms with Gasteiger partial charge in [-0.3, -0.25) is 0 Å². The van der Waals surface area contributed by atoms with Crippen LogP contribution in [0, 0.1) is 0 Å². The summed E-state index contributed by atoms with van der Waals surface area (Å²) in [5.41, 5.74) is 2.04. The summed E-state index contributed by atoms with van der Waals surface area (Å²) in [6, 6.07) is 19.3. The summed E-state index contributed by atoms with van der Waals surface area (Å²) in [6.45, 7) is 1.50. The number of rotatable bonds is 6. The number of fused-ring (bicyclic) bond motifs is 1. The van der Waals surface area contributed by atoms with Gasteiger partial charge in [-0.2, -0.15) is 0 Å². The molecular formula is C25H19FO4S. The van der Waals surface area contributed by atoms with Crippen molar-refractivity contribution in [2.75, 3.05) is 0 Å². The van der Waals surface area contributed by atoms with Crippen molar-refractivity contribution in [3.05, 3.63) is 83.9 Å². The fourth-order valence-electron chi connectivity index (χ4n) is 3.32. The molecule has 2 N–H and O–H groups in total. The molecule has 0 amide bonds. The predicted octanol–water partition coefficient (Wildman–Crippen LogP) is 7.19. The molecular weight excluding hydrogens is 415 g/mol. The van der Waals surface area contributed by atoms with Crippen molar-refractivity contribution in [1.82, 2.24) is 0 Å². The summed E-state index contributed by atoms with van der Waals surface area (Å²) in [5, 5.41) is 19.5. The number of carboxylic acid groups (broad SMARTS) is 1. The smallest absolute Gasteiger partial charge is 0.328 e. The molecule has 6 heteroatoms. The third-order valence-corrected chi connectivity index (χ3v) is 5.95. The Hall–Kier alpha value is -3.64. The minimum atomic E-state index is -1.15. The van der Waals surface area contributed by atoms with Crippen molar-refractivity contribution in [2.45, 2.75) is 13.1 Å². The van der Waals surface area contributed by atoms with Gasteiger partial charge >= 0.3 is 5.97 Å². The Morgan fingerprint density at radius 2 is 1.84 bits per heavy atom. The van der Waals surface area contributed by atoms with Gasteiger partial charge in [0.1, 0.15) is 17.7 Å². The molecule has 1 aromatic heterocycles. The topological polar surface area (TPSA) is 66.8 Å². The van der Waals surface area contributed by atoms with Crippen LogP contribution in [0.2, 0.25) is 0 Å². The largest absolute Gasteiger partial charge is 0.508 e. The van der Waals surface area contributed by atoms with E-state index < -0.39 is 12.1 Å². The van der Waals surface area contributed by atoms with E-state index in [0.717, 1.165) is 32.2 Å². The van der Waals surface area contributed by atoms with Gasteiger partial charge in [-0.15, -0.1) is 11.3 Å². The molecule has 31 heavy (non-hydrogen) atoms. The summed E-state index contributed by atoms with van der Waals surface area (Å²) in [4.78, 5) is 11.5. The molecule has 3 aromatic carbocycles. The average molecular weight is 434 g/mol. The zero-order chi connectivity index (χ0) is 22.0. The van der Waals surface area contributed by atoms with Crippen LogP contribution in [0.1, 0.15) is 24.2 Å². The Balaban J connectivity index is 1.80. The monoisotopic (exact) mass is 434 g/mol. The summed E-state index contributed by atoms with van der Waals surface area (Å²) >= 11 is 1.43. The molecule has 0 aliphatic rings. The van der Waals surface area contributed by atoms with E-state index in [1.54, 1.807) is 54.6 Å². The first-order valence-electron chi connectivity index (χ1n) is 9.60. The first-order valence-corrected chi connectivity index (χ1v) is 10.4. The molecule has 0 fully saturated rings. The van der Waals surface area contributed by atoms with Crippen molar-refractivity contribution < 1.29 is 24.1 Å². The maximum atomic E-state index is 14.3. The lowest BCUT2D eigenvalue weighted by atomic mass is 10.0. The summed E-state index contributed by atoms with van der Waals surface area (Å²) < 4.78 is 21.4. The highest BCUT2D eigenvalue weighted by atomic mass is 32.1. The van der Waals surface area contributed by atoms with Gasteiger partial charge in [-0.1, -0.05) is 36.4 Å². The summed E-state index contributed by atoms with van der Waals surface area (Å²) in [7, 11) is 0. The zero-order valence-electron chi connectivity index (χ0n) is 16.6. The van der Waals surface area contributed by atoms with E-state index in [1.807, 2.05) is 12.1 Å². The Bertz CT molecular complexity index is 1270. The normalized spacial score (nSPS) is 12.3. The third-order valence-electron chi connectivity index (χ3n) is 4.78. The highest BCUT2D eigenvalue weighted by Gasteiger charge is 2.20. The number of hydrogen-bond donors (Lipinski definition) is 2. The number of benzene rings is 3. The third kappa shape index (κ3) is 4.44. The maximum Gasteiger partial charge on any atom is 0.328 e. The van der Waals surface area contributed by atoms with Crippen molar-refractivity contribution in [1.29, 1.82) is 0 Å². The Labute approximate surface area is 182 Å². The molecule has 156 valence electrons. The van der Waals surface area contributed by atoms with E-state index in [4.69, 9.17) is 9.84 Å². The molecule has 4 aromatic rings. The fraction of sp³-hybridized carbons (Fsp3) is 0.0800. The Morgan fingerprint density at radius 1 is 1.10 bits per heavy atom. The van der Waals surface area contributed by atoms with E-state index >= 15 is 0 Å². The lowest BCUT2D eigenvalue weighted by Gasteiger charge is -2.12. The number of alkyl halides is 1. The van der Waals surface area contributed by atoms with Gasteiger partial charge in [0.25, 0.3) is 0 Å². The zero-order valence-corrected chi connectivity index (χ0v) is 17.4. The molecule has 0 aliphatic carbocycles. The maximum absolute atomic E-state index is 14.3. The molecule has 1 heterocycles. The van der Waals surface area contributed by atoms with Gasteiger partial charge in [0, 0.05) is 21.7 Å². The van der Waals surface area contributed by atoms with Gasteiger partial charge < -0.3 is 14.9 Å². The highest BCUT2D eigenvalue weighted by Crippen LogP contribution is 2.48. The van der Waals surface area contributed by atoms with Crippen LogP contribution < -0.4 is 4.74 Å². The first kappa shape index (κ1) is 20.6. The molecule has 4 rings (SSSR count). The van der Waals surface area contributed by atoms with Gasteiger partial charge in [0.2, 0.25) is 0 Å². The number of hydrogen-bond acceptors (Lipinski definition) is 4. The number of aliphatic carboxylic acids is 1. The Kier molecular flexibility index (Phi) is 5.73. The van der Waals surface area contributed by atoms with E-state index in [0.29, 0.717) is 17.1 Å². The van der Waals surface area contributed by atoms with Crippen LogP contribution in [0.4, 0.5) is 4.39 Å². The van der Waals surface area contributed by atoms with Gasteiger partial charge in [-0.25, -0.2) is 9.18 Å². The van der Waals surface area contributed by atoms with Gasteiger partial charge in [-0.05, 0) is 54.5 Å². The molecule has 4 nitrogen and oxygen atoms in total. The molecule has 1 unspecified atom stereocenters. The number of aromatic hydroxyl groups is 1. The van der Waals surface area contributed by atoms with Crippen LogP contribution in [0.15, 0.2) is 72.8 Å². The molecule has 0 aliphatic heterocycles. The fourth-order valence-corrected chi connectivity index (χ4v) is 4.53. The number of phenolic OH excluding ortho intramolecular Hbond substituents is 1. The first-order chi connectivity index (χ1) is 14.9. The number of halogens is 1. The minimum absolute atomic E-state index is 0.147. The second-order valence-corrected chi connectivity index (χ2v) is 8.04. The number of ether oxygens (including phenoxy) is 1. The Morgan fingerprint density at radius 3 is 2.55 bits per heavy atom. The molecule has 0 radical (unpaired) electrons. The number of carboxylic acids is 1. The molecule has 1 atom stereocenters. The van der Waals surface area contributed by atoms with E-state index in [-0.39, 0.29) is 5.75 Å². The van der Waals surface area contributed by atoms with Crippen LogP contribution in [0.3, 0.4) is 0 Å². The number of carbonyl (C=O) groups is 1. The second-order valence-electron chi connectivity index (χ2n) is 6.99. The minimum Gasteiger partial charge on any atom is -0.508 e. The standard InChI is InChI=1S/C25H19FO4S/c1-15(26)19-4-2-3-5-20(19)25-24(21-12-9-17(27)14-22(21)31-25)30-18-10-6-16(7-11-18)8-13-23(28)29/h2-15,27H,1H3,(H,28,29). The van der Waals surface area contributed by atoms with E-state index in [1.165, 1.54) is 24.3 Å². The van der Waals surface area contributed by atoms with Crippen LogP contribution in [-0.4, -0.2) is 16.2 Å². The highest BCUT2D eigenvalue weighted by molar-refractivity contribution is 7.22. The molecule has 0 bridgehead atoms. The molecule has 0 saturated heterocycles. The average Bonchev–Trinajstić information content (AvgIpc) is 3.10. The molecule has 0 spiro atoms. The van der Waals surface area contributed by atoms with Crippen LogP contribution in [0.25, 0.3) is 26.6 Å². The van der Waals surface area contributed by atoms with Crippen LogP contribution in [0.5, 0.6) is 17.2 Å². The quantitative estimate of drug-likeness (QED) is 0.315. The lowest BCUT2D eigenvalue weighted by molar-refractivity contribution is -0.131. The van der Waals surface area contributed by atoms with Crippen molar-refractivity contribution in [3.63, 3.8) is 0 Å². The molecule has 0 saturated carbocycles. The number of phenols is 1. The van der Waals surface area contributed by atoms with Crippen LogP contribution in [-0.2, 0) is 4.79 Å². The summed E-state index contributed by atoms with van der Waals surface area (Å²) in [5.74, 6) is 0.279. The second kappa shape index (κ2) is 8.62. The van der Waals surface area contributed by atoms with Crippen molar-refractivity contribution >= 4 is 33.5 Å². The van der Waals surface area contributed by atoms with E-state index in [2.05, 4.69) is 0 Å². The number of thiophene rings is 1. The van der Waals surface area contributed by atoms with Crippen molar-refractivity contribution in [3.8, 4) is 27.7 Å².